The highest BCUT2D eigenvalue weighted by atomic mass is 16.1. The number of carbonyl (C=O) groups is 2. The van der Waals surface area contributed by atoms with Crippen LogP contribution < -0.4 is 0 Å². The van der Waals surface area contributed by atoms with Crippen LogP contribution in [0.4, 0.5) is 0 Å². The summed E-state index contributed by atoms with van der Waals surface area (Å²) in [5.41, 5.74) is 9.48. The van der Waals surface area contributed by atoms with Crippen molar-refractivity contribution in [2.45, 2.75) is 39.5 Å². The van der Waals surface area contributed by atoms with E-state index in [9.17, 15) is 9.59 Å². The van der Waals surface area contributed by atoms with E-state index in [1.54, 1.807) is 0 Å². The van der Waals surface area contributed by atoms with Crippen molar-refractivity contribution in [2.75, 3.05) is 0 Å². The van der Waals surface area contributed by atoms with Crippen molar-refractivity contribution in [3.05, 3.63) is 68.8 Å². The molecule has 2 aromatic rings. The molecule has 0 saturated carbocycles. The molecule has 0 amide bonds. The van der Waals surface area contributed by atoms with E-state index < -0.39 is 0 Å². The quantitative estimate of drug-likeness (QED) is 0.791. The summed E-state index contributed by atoms with van der Waals surface area (Å²) in [6, 6.07) is 8.55. The highest BCUT2D eigenvalue weighted by Crippen LogP contribution is 2.48. The van der Waals surface area contributed by atoms with Gasteiger partial charge in [0, 0.05) is 11.1 Å². The van der Waals surface area contributed by atoms with Crippen LogP contribution in [0.3, 0.4) is 0 Å². The molecular weight excluding hydrogens is 284 g/mol. The first-order valence-electron chi connectivity index (χ1n) is 8.19. The summed E-state index contributed by atoms with van der Waals surface area (Å²) in [7, 11) is 0. The van der Waals surface area contributed by atoms with Crippen LogP contribution in [-0.4, -0.2) is 12.6 Å². The van der Waals surface area contributed by atoms with Gasteiger partial charge in [-0.3, -0.25) is 9.59 Å². The Bertz CT molecular complexity index is 774. The van der Waals surface area contributed by atoms with Gasteiger partial charge in [-0.1, -0.05) is 12.1 Å². The molecule has 2 aromatic carbocycles. The highest BCUT2D eigenvalue weighted by molar-refractivity contribution is 5.79. The third kappa shape index (κ3) is 2.16. The number of benzene rings is 2. The minimum absolute atomic E-state index is 0.243. The molecule has 0 N–H and O–H groups in total. The maximum absolute atomic E-state index is 11.2. The molecule has 2 heteroatoms. The van der Waals surface area contributed by atoms with E-state index in [1.165, 1.54) is 22.3 Å². The van der Waals surface area contributed by atoms with Crippen molar-refractivity contribution in [1.82, 2.24) is 0 Å². The molecule has 2 aliphatic carbocycles. The molecule has 0 atom stereocenters. The second kappa shape index (κ2) is 4.89. The second-order valence-electron chi connectivity index (χ2n) is 7.40. The number of hydrogen-bond donors (Lipinski definition) is 0. The smallest absolute Gasteiger partial charge is 0.150 e. The van der Waals surface area contributed by atoms with Crippen LogP contribution in [0.25, 0.3) is 0 Å². The van der Waals surface area contributed by atoms with Gasteiger partial charge in [-0.25, -0.2) is 0 Å². The summed E-state index contributed by atoms with van der Waals surface area (Å²) in [5, 5.41) is 0. The third-order valence-electron chi connectivity index (χ3n) is 5.69. The number of hydrogen-bond acceptors (Lipinski definition) is 2. The van der Waals surface area contributed by atoms with Gasteiger partial charge in [-0.15, -0.1) is 0 Å². The fraction of sp³-hybridized carbons (Fsp3) is 0.333. The van der Waals surface area contributed by atoms with Gasteiger partial charge in [0.1, 0.15) is 12.6 Å². The first kappa shape index (κ1) is 14.4. The Kier molecular flexibility index (Phi) is 3.06. The van der Waals surface area contributed by atoms with Gasteiger partial charge < -0.3 is 0 Å². The average Bonchev–Trinajstić information content (AvgIpc) is 3.03. The summed E-state index contributed by atoms with van der Waals surface area (Å²) in [6.45, 7) is 4.02. The van der Waals surface area contributed by atoms with E-state index in [0.29, 0.717) is 0 Å². The minimum atomic E-state index is 0.243. The summed E-state index contributed by atoms with van der Waals surface area (Å²) < 4.78 is 0. The molecule has 0 aromatic heterocycles. The maximum Gasteiger partial charge on any atom is 0.150 e. The third-order valence-corrected chi connectivity index (χ3v) is 5.69. The lowest BCUT2D eigenvalue weighted by molar-refractivity contribution is 0.111. The molecule has 0 unspecified atom stereocenters. The molecule has 0 saturated heterocycles. The molecule has 2 nitrogen and oxygen atoms in total. The second-order valence-corrected chi connectivity index (χ2v) is 7.40. The molecule has 4 rings (SSSR count). The van der Waals surface area contributed by atoms with Crippen LogP contribution in [0.2, 0.25) is 0 Å². The van der Waals surface area contributed by atoms with E-state index in [-0.39, 0.29) is 5.41 Å². The molecule has 0 radical (unpaired) electrons. The Morgan fingerprint density at radius 2 is 1.04 bits per heavy atom. The fourth-order valence-electron chi connectivity index (χ4n) is 4.57. The Labute approximate surface area is 136 Å². The van der Waals surface area contributed by atoms with Gasteiger partial charge in [-0.05, 0) is 90.5 Å². The SMILES string of the molecule is Cc1cc2c(cc1C=O)CC1(C2)Cc2cc(C)c(C=O)cc2C1. The number of carbonyl (C=O) groups excluding carboxylic acids is 2. The number of aldehydes is 2. The zero-order chi connectivity index (χ0) is 16.2. The van der Waals surface area contributed by atoms with Crippen LogP contribution in [0.5, 0.6) is 0 Å². The predicted octanol–water partition coefficient (Wildman–Crippen LogP) is 3.81. The fourth-order valence-corrected chi connectivity index (χ4v) is 4.57. The lowest BCUT2D eigenvalue weighted by Crippen LogP contribution is -2.21. The Morgan fingerprint density at radius 1 is 0.696 bits per heavy atom. The summed E-state index contributed by atoms with van der Waals surface area (Å²) in [4.78, 5) is 22.4. The van der Waals surface area contributed by atoms with E-state index in [2.05, 4.69) is 24.3 Å². The van der Waals surface area contributed by atoms with Crippen LogP contribution in [0, 0.1) is 19.3 Å². The van der Waals surface area contributed by atoms with E-state index in [0.717, 1.165) is 60.5 Å². The zero-order valence-electron chi connectivity index (χ0n) is 13.6. The Balaban J connectivity index is 1.70. The molecule has 23 heavy (non-hydrogen) atoms. The molecule has 2 aliphatic rings. The van der Waals surface area contributed by atoms with Crippen LogP contribution >= 0.6 is 0 Å². The topological polar surface area (TPSA) is 34.1 Å². The minimum Gasteiger partial charge on any atom is -0.298 e. The summed E-state index contributed by atoms with van der Waals surface area (Å²) in [5.74, 6) is 0. The largest absolute Gasteiger partial charge is 0.298 e. The van der Waals surface area contributed by atoms with Crippen molar-refractivity contribution in [3.8, 4) is 0 Å². The number of fused-ring (bicyclic) bond motifs is 2. The Hall–Kier alpha value is -2.22. The first-order valence-corrected chi connectivity index (χ1v) is 8.19. The van der Waals surface area contributed by atoms with E-state index in [1.807, 2.05) is 13.8 Å². The lowest BCUT2D eigenvalue weighted by atomic mass is 9.82. The molecular formula is C21H20O2. The summed E-state index contributed by atoms with van der Waals surface area (Å²) in [6.07, 6.45) is 6.15. The van der Waals surface area contributed by atoms with Gasteiger partial charge in [0.25, 0.3) is 0 Å². The summed E-state index contributed by atoms with van der Waals surface area (Å²) >= 11 is 0. The van der Waals surface area contributed by atoms with Gasteiger partial charge in [0.15, 0.2) is 0 Å². The predicted molar refractivity (Wildman–Crippen MR) is 90.4 cm³/mol. The lowest BCUT2D eigenvalue weighted by Gasteiger charge is -2.21. The van der Waals surface area contributed by atoms with Gasteiger partial charge >= 0.3 is 0 Å². The Morgan fingerprint density at radius 3 is 1.39 bits per heavy atom. The molecule has 0 fully saturated rings. The van der Waals surface area contributed by atoms with E-state index >= 15 is 0 Å². The molecule has 0 heterocycles. The molecule has 0 bridgehead atoms. The van der Waals surface area contributed by atoms with Gasteiger partial charge in [0.2, 0.25) is 0 Å². The van der Waals surface area contributed by atoms with Gasteiger partial charge in [0.05, 0.1) is 0 Å². The van der Waals surface area contributed by atoms with Crippen LogP contribution in [0.15, 0.2) is 24.3 Å². The number of rotatable bonds is 2. The monoisotopic (exact) mass is 304 g/mol. The maximum atomic E-state index is 11.2. The van der Waals surface area contributed by atoms with Crippen molar-refractivity contribution in [1.29, 1.82) is 0 Å². The first-order chi connectivity index (χ1) is 11.0. The van der Waals surface area contributed by atoms with Crippen molar-refractivity contribution in [3.63, 3.8) is 0 Å². The van der Waals surface area contributed by atoms with Crippen LogP contribution in [-0.2, 0) is 25.7 Å². The number of aryl methyl sites for hydroxylation is 2. The van der Waals surface area contributed by atoms with E-state index in [4.69, 9.17) is 0 Å². The standard InChI is InChI=1S/C21H20O2/c1-13-3-15-7-21(9-17(15)5-19(13)11-22)8-16-4-14(2)20(12-23)6-18(16)10-21/h3-6,11-12H,7-10H2,1-2H3. The zero-order valence-corrected chi connectivity index (χ0v) is 13.6. The molecule has 116 valence electrons. The molecule has 1 spiro atoms. The van der Waals surface area contributed by atoms with Crippen molar-refractivity contribution >= 4 is 12.6 Å². The highest BCUT2D eigenvalue weighted by Gasteiger charge is 2.42. The van der Waals surface area contributed by atoms with Gasteiger partial charge in [-0.2, -0.15) is 0 Å². The normalized spacial score (nSPS) is 17.1. The average molecular weight is 304 g/mol. The van der Waals surface area contributed by atoms with Crippen LogP contribution in [0.1, 0.15) is 54.1 Å². The van der Waals surface area contributed by atoms with Crippen molar-refractivity contribution < 1.29 is 9.59 Å². The van der Waals surface area contributed by atoms with Crippen molar-refractivity contribution in [2.24, 2.45) is 5.41 Å². The molecule has 0 aliphatic heterocycles.